The normalized spacial score (nSPS) is 16.0. The van der Waals surface area contributed by atoms with Crippen molar-refractivity contribution in [2.24, 2.45) is 4.99 Å². The Bertz CT molecular complexity index is 834. The van der Waals surface area contributed by atoms with Crippen LogP contribution in [-0.4, -0.2) is 31.5 Å². The first kappa shape index (κ1) is 19.4. The van der Waals surface area contributed by atoms with E-state index in [0.717, 1.165) is 17.1 Å². The summed E-state index contributed by atoms with van der Waals surface area (Å²) in [5.41, 5.74) is 0.888. The number of nitrogens with zero attached hydrogens (tertiary/aromatic N) is 1. The molecule has 28 heavy (non-hydrogen) atoms. The van der Waals surface area contributed by atoms with E-state index >= 15 is 0 Å². The summed E-state index contributed by atoms with van der Waals surface area (Å²) in [6, 6.07) is 16.5. The molecule has 1 unspecified atom stereocenters. The fraction of sp³-hybridized carbons (Fsp3) is 0.286. The Balaban J connectivity index is 1.50. The summed E-state index contributed by atoms with van der Waals surface area (Å²) in [4.78, 5) is 28.6. The number of carbonyl (C=O) groups excluding carboxylic acids is 2. The Morgan fingerprint density at radius 3 is 2.61 bits per heavy atom. The van der Waals surface area contributed by atoms with Crippen LogP contribution in [0.2, 0.25) is 0 Å². The van der Waals surface area contributed by atoms with Crippen LogP contribution in [0.15, 0.2) is 59.6 Å². The maximum absolute atomic E-state index is 12.1. The molecule has 1 aliphatic rings. The summed E-state index contributed by atoms with van der Waals surface area (Å²) in [5.74, 6) is 1.30. The van der Waals surface area contributed by atoms with E-state index in [2.05, 4.69) is 15.6 Å². The van der Waals surface area contributed by atoms with Gasteiger partial charge in [0.15, 0.2) is 0 Å². The van der Waals surface area contributed by atoms with Crippen molar-refractivity contribution in [3.05, 3.63) is 60.2 Å². The second-order valence-corrected chi connectivity index (χ2v) is 6.33. The van der Waals surface area contributed by atoms with Crippen LogP contribution in [0.4, 0.5) is 0 Å². The molecule has 3 rings (SSSR count). The minimum Gasteiger partial charge on any atom is -0.497 e. The van der Waals surface area contributed by atoms with Crippen molar-refractivity contribution in [1.29, 1.82) is 0 Å². The van der Waals surface area contributed by atoms with Crippen LogP contribution in [0.5, 0.6) is 11.5 Å². The maximum atomic E-state index is 12.1. The van der Waals surface area contributed by atoms with Gasteiger partial charge in [-0.3, -0.25) is 20.2 Å². The predicted molar refractivity (Wildman–Crippen MR) is 105 cm³/mol. The smallest absolute Gasteiger partial charge is 0.229 e. The van der Waals surface area contributed by atoms with Gasteiger partial charge in [-0.2, -0.15) is 0 Å². The molecule has 1 heterocycles. The molecule has 2 amide bonds. The van der Waals surface area contributed by atoms with Gasteiger partial charge in [-0.25, -0.2) is 4.99 Å². The number of carbonyl (C=O) groups is 2. The van der Waals surface area contributed by atoms with Gasteiger partial charge in [0.1, 0.15) is 11.5 Å². The molecule has 0 bridgehead atoms. The zero-order valence-corrected chi connectivity index (χ0v) is 15.7. The number of hydrogen-bond donors (Lipinski definition) is 2. The lowest BCUT2D eigenvalue weighted by molar-refractivity contribution is -0.120. The largest absolute Gasteiger partial charge is 0.497 e. The number of rotatable bonds is 7. The summed E-state index contributed by atoms with van der Waals surface area (Å²) >= 11 is 0. The third-order valence-electron chi connectivity index (χ3n) is 4.24. The number of hydrogen-bond acceptors (Lipinski definition) is 5. The third-order valence-corrected chi connectivity index (χ3v) is 4.24. The van der Waals surface area contributed by atoms with Crippen molar-refractivity contribution >= 4 is 17.8 Å². The Kier molecular flexibility index (Phi) is 6.62. The van der Waals surface area contributed by atoms with E-state index in [9.17, 15) is 9.59 Å². The van der Waals surface area contributed by atoms with Crippen LogP contribution < -0.4 is 20.1 Å². The first-order valence-electron chi connectivity index (χ1n) is 9.13. The molecule has 1 atom stereocenters. The van der Waals surface area contributed by atoms with Crippen molar-refractivity contribution in [3.63, 3.8) is 0 Å². The van der Waals surface area contributed by atoms with Crippen molar-refractivity contribution in [1.82, 2.24) is 10.6 Å². The van der Waals surface area contributed by atoms with E-state index in [1.54, 1.807) is 7.11 Å². The van der Waals surface area contributed by atoms with Crippen LogP contribution in [0.25, 0.3) is 0 Å². The Morgan fingerprint density at radius 2 is 1.89 bits per heavy atom. The average molecular weight is 381 g/mol. The number of ether oxygens (including phenoxy) is 2. The number of nitrogens with one attached hydrogen (secondary N) is 2. The minimum atomic E-state index is -0.337. The number of guanidine groups is 1. The van der Waals surface area contributed by atoms with Gasteiger partial charge < -0.3 is 9.47 Å². The maximum Gasteiger partial charge on any atom is 0.229 e. The lowest BCUT2D eigenvalue weighted by Gasteiger charge is -2.21. The second-order valence-electron chi connectivity index (χ2n) is 6.33. The van der Waals surface area contributed by atoms with Crippen LogP contribution in [0.1, 0.15) is 30.9 Å². The van der Waals surface area contributed by atoms with E-state index < -0.39 is 0 Å². The number of para-hydroxylation sites is 1. The fourth-order valence-corrected chi connectivity index (χ4v) is 2.81. The molecule has 0 radical (unpaired) electrons. The van der Waals surface area contributed by atoms with Gasteiger partial charge >= 0.3 is 0 Å². The monoisotopic (exact) mass is 381 g/mol. The molecule has 0 aromatic heterocycles. The molecular formula is C21H23N3O4. The third kappa shape index (κ3) is 5.57. The van der Waals surface area contributed by atoms with Crippen LogP contribution in [0, 0.1) is 0 Å². The minimum absolute atomic E-state index is 0.182. The average Bonchev–Trinajstić information content (AvgIpc) is 2.71. The van der Waals surface area contributed by atoms with Gasteiger partial charge in [-0.1, -0.05) is 30.3 Å². The van der Waals surface area contributed by atoms with Gasteiger partial charge in [0.05, 0.1) is 26.2 Å². The van der Waals surface area contributed by atoms with Crippen molar-refractivity contribution in [2.75, 3.05) is 13.7 Å². The van der Waals surface area contributed by atoms with Crippen LogP contribution in [-0.2, 0) is 9.59 Å². The molecule has 0 fully saturated rings. The summed E-state index contributed by atoms with van der Waals surface area (Å²) in [6.07, 6.45) is 1.06. The van der Waals surface area contributed by atoms with Gasteiger partial charge in [-0.15, -0.1) is 0 Å². The molecule has 7 nitrogen and oxygen atoms in total. The first-order valence-corrected chi connectivity index (χ1v) is 9.13. The van der Waals surface area contributed by atoms with E-state index in [0.29, 0.717) is 13.0 Å². The highest BCUT2D eigenvalue weighted by Crippen LogP contribution is 2.25. The zero-order valence-electron chi connectivity index (χ0n) is 15.7. The second kappa shape index (κ2) is 9.55. The highest BCUT2D eigenvalue weighted by Gasteiger charge is 2.23. The number of methoxy groups -OCH3 is 1. The lowest BCUT2D eigenvalue weighted by atomic mass is 10.0. The number of aliphatic imine (C=N–C) groups is 1. The number of benzene rings is 2. The Morgan fingerprint density at radius 1 is 1.14 bits per heavy atom. The fourth-order valence-electron chi connectivity index (χ4n) is 2.81. The topological polar surface area (TPSA) is 89.0 Å². The van der Waals surface area contributed by atoms with Crippen molar-refractivity contribution < 1.29 is 19.1 Å². The summed E-state index contributed by atoms with van der Waals surface area (Å²) in [6.45, 7) is 0.435. The van der Waals surface area contributed by atoms with Crippen molar-refractivity contribution in [3.8, 4) is 11.5 Å². The predicted octanol–water partition coefficient (Wildman–Crippen LogP) is 2.59. The Hall–Kier alpha value is -3.35. The van der Waals surface area contributed by atoms with Gasteiger partial charge in [0.25, 0.3) is 0 Å². The molecule has 7 heteroatoms. The molecule has 2 aromatic rings. The van der Waals surface area contributed by atoms with E-state index in [4.69, 9.17) is 9.47 Å². The molecule has 2 aromatic carbocycles. The molecule has 2 N–H and O–H groups in total. The first-order chi connectivity index (χ1) is 13.6. The highest BCUT2D eigenvalue weighted by molar-refractivity contribution is 6.06. The molecular weight excluding hydrogens is 358 g/mol. The van der Waals surface area contributed by atoms with Crippen molar-refractivity contribution in [2.45, 2.75) is 25.3 Å². The zero-order chi connectivity index (χ0) is 19.8. The molecule has 1 aliphatic heterocycles. The van der Waals surface area contributed by atoms with E-state index in [-0.39, 0.29) is 36.7 Å². The molecule has 0 aliphatic carbocycles. The molecule has 0 saturated carbocycles. The van der Waals surface area contributed by atoms with Gasteiger partial charge in [0.2, 0.25) is 17.8 Å². The lowest BCUT2D eigenvalue weighted by Crippen LogP contribution is -2.47. The highest BCUT2D eigenvalue weighted by atomic mass is 16.5. The Labute approximate surface area is 163 Å². The molecule has 0 spiro atoms. The SMILES string of the molecule is COc1ccc(C2CC(=O)NC(NC(=O)CCCOc3ccccc3)=N2)cc1. The van der Waals surface area contributed by atoms with Gasteiger partial charge in [-0.05, 0) is 36.2 Å². The van der Waals surface area contributed by atoms with Crippen LogP contribution in [0.3, 0.4) is 0 Å². The van der Waals surface area contributed by atoms with Gasteiger partial charge in [0, 0.05) is 6.42 Å². The quantitative estimate of drug-likeness (QED) is 0.722. The summed E-state index contributed by atoms with van der Waals surface area (Å²) in [5, 5.41) is 5.28. The molecule has 0 saturated heterocycles. The van der Waals surface area contributed by atoms with E-state index in [1.807, 2.05) is 54.6 Å². The van der Waals surface area contributed by atoms with Crippen LogP contribution >= 0.6 is 0 Å². The number of amides is 2. The summed E-state index contributed by atoms with van der Waals surface area (Å²) < 4.78 is 10.7. The summed E-state index contributed by atoms with van der Waals surface area (Å²) in [7, 11) is 1.60. The van der Waals surface area contributed by atoms with E-state index in [1.165, 1.54) is 0 Å². The standard InChI is InChI=1S/C21H23N3O4/c1-27-16-11-9-15(10-12-16)18-14-20(26)24-21(22-18)23-19(25)8-5-13-28-17-6-3-2-4-7-17/h2-4,6-7,9-12,18H,5,8,13-14H2,1H3,(H2,22,23,24,25,26). The molecule has 146 valence electrons.